The highest BCUT2D eigenvalue weighted by Gasteiger charge is 2.34. The van der Waals surface area contributed by atoms with Crippen LogP contribution in [0.4, 0.5) is 0 Å². The first-order chi connectivity index (χ1) is 14.6. The number of nitrogens with zero attached hydrogens (tertiary/aromatic N) is 1. The molecule has 182 valence electrons. The zero-order valence-electron chi connectivity index (χ0n) is 20.0. The summed E-state index contributed by atoms with van der Waals surface area (Å²) in [4.78, 5) is 35.5. The Balaban J connectivity index is 2.10. The molecule has 1 unspecified atom stereocenters. The van der Waals surface area contributed by atoms with Crippen molar-refractivity contribution in [1.82, 2.24) is 4.90 Å². The SMILES string of the molecule is COP(=O)(O)OC[C@@H]1C[C@@H](C)CN1C(=O)CCCCCCCCCCC(=O)CC(C)C. The Labute approximate surface area is 188 Å². The Morgan fingerprint density at radius 3 is 2.13 bits per heavy atom. The van der Waals surface area contributed by atoms with Gasteiger partial charge in [-0.3, -0.25) is 18.6 Å². The maximum absolute atomic E-state index is 12.6. The Morgan fingerprint density at radius 1 is 1.03 bits per heavy atom. The van der Waals surface area contributed by atoms with Crippen LogP contribution in [0.2, 0.25) is 0 Å². The molecule has 1 amide bonds. The summed E-state index contributed by atoms with van der Waals surface area (Å²) in [7, 11) is -2.88. The molecule has 1 N–H and O–H groups in total. The maximum atomic E-state index is 12.6. The summed E-state index contributed by atoms with van der Waals surface area (Å²) in [5.74, 6) is 1.32. The molecule has 3 atom stereocenters. The van der Waals surface area contributed by atoms with Gasteiger partial charge in [0.05, 0.1) is 12.6 Å². The second-order valence-electron chi connectivity index (χ2n) is 9.45. The normalized spacial score (nSPS) is 20.9. The van der Waals surface area contributed by atoms with E-state index < -0.39 is 7.82 Å². The fraction of sp³-hybridized carbons (Fsp3) is 0.913. The molecular weight excluding hydrogens is 417 g/mol. The molecule has 0 aromatic carbocycles. The lowest BCUT2D eigenvalue weighted by Crippen LogP contribution is -2.38. The molecule has 7 nitrogen and oxygen atoms in total. The Bertz CT molecular complexity index is 582. The molecule has 0 aliphatic carbocycles. The van der Waals surface area contributed by atoms with E-state index in [9.17, 15) is 19.0 Å². The van der Waals surface area contributed by atoms with Gasteiger partial charge in [-0.15, -0.1) is 0 Å². The van der Waals surface area contributed by atoms with Crippen molar-refractivity contribution in [2.45, 2.75) is 104 Å². The summed E-state index contributed by atoms with van der Waals surface area (Å²) in [6.45, 7) is 6.95. The molecule has 0 spiro atoms. The van der Waals surface area contributed by atoms with Gasteiger partial charge in [0.2, 0.25) is 5.91 Å². The van der Waals surface area contributed by atoms with Gasteiger partial charge < -0.3 is 9.79 Å². The molecule has 0 aromatic heterocycles. The highest BCUT2D eigenvalue weighted by Crippen LogP contribution is 2.42. The number of hydrogen-bond acceptors (Lipinski definition) is 5. The Morgan fingerprint density at radius 2 is 1.58 bits per heavy atom. The van der Waals surface area contributed by atoms with Crippen molar-refractivity contribution in [3.05, 3.63) is 0 Å². The highest BCUT2D eigenvalue weighted by molar-refractivity contribution is 7.47. The van der Waals surface area contributed by atoms with Crippen LogP contribution in [0.25, 0.3) is 0 Å². The first-order valence-corrected chi connectivity index (χ1v) is 13.5. The standard InChI is InChI=1S/C23H44NO6P/c1-19(2)15-22(25)13-11-9-7-5-6-8-10-12-14-23(26)24-17-20(3)16-21(24)18-30-31(27,28)29-4/h19-21H,5-18H2,1-4H3,(H,27,28)/t20-,21+/m1/s1. The number of carbonyl (C=O) groups excluding carboxylic acids is 2. The van der Waals surface area contributed by atoms with E-state index in [0.717, 1.165) is 52.1 Å². The Hall–Kier alpha value is -0.750. The van der Waals surface area contributed by atoms with Crippen LogP contribution >= 0.6 is 7.82 Å². The zero-order valence-corrected chi connectivity index (χ0v) is 20.9. The Kier molecular flexibility index (Phi) is 13.8. The van der Waals surface area contributed by atoms with E-state index in [-0.39, 0.29) is 18.6 Å². The lowest BCUT2D eigenvalue weighted by atomic mass is 10.0. The van der Waals surface area contributed by atoms with Crippen LogP contribution in [0.3, 0.4) is 0 Å². The number of phosphoric acid groups is 1. The van der Waals surface area contributed by atoms with Crippen LogP contribution in [-0.2, 0) is 23.2 Å². The van der Waals surface area contributed by atoms with E-state index >= 15 is 0 Å². The van der Waals surface area contributed by atoms with Gasteiger partial charge >= 0.3 is 7.82 Å². The van der Waals surface area contributed by atoms with E-state index in [0.29, 0.717) is 37.0 Å². The van der Waals surface area contributed by atoms with Gasteiger partial charge in [0.15, 0.2) is 0 Å². The summed E-state index contributed by atoms with van der Waals surface area (Å²) in [6, 6.07) is -0.162. The summed E-state index contributed by atoms with van der Waals surface area (Å²) in [5, 5.41) is 0. The average Bonchev–Trinajstić information content (AvgIpc) is 3.08. The van der Waals surface area contributed by atoms with Gasteiger partial charge in [-0.1, -0.05) is 59.3 Å². The lowest BCUT2D eigenvalue weighted by Gasteiger charge is -2.25. The van der Waals surface area contributed by atoms with E-state index in [1.54, 1.807) is 4.90 Å². The van der Waals surface area contributed by atoms with Crippen LogP contribution in [0, 0.1) is 11.8 Å². The van der Waals surface area contributed by atoms with Gasteiger partial charge in [-0.25, -0.2) is 4.57 Å². The van der Waals surface area contributed by atoms with Gasteiger partial charge in [0.1, 0.15) is 5.78 Å². The number of rotatable bonds is 17. The topological polar surface area (TPSA) is 93.1 Å². The smallest absolute Gasteiger partial charge is 0.337 e. The first kappa shape index (κ1) is 28.3. The van der Waals surface area contributed by atoms with Gasteiger partial charge in [0, 0.05) is 32.9 Å². The molecule has 1 aliphatic heterocycles. The maximum Gasteiger partial charge on any atom is 0.471 e. The number of ketones is 1. The van der Waals surface area contributed by atoms with Crippen molar-refractivity contribution in [3.63, 3.8) is 0 Å². The number of amides is 1. The minimum atomic E-state index is -4.01. The van der Waals surface area contributed by atoms with E-state index in [1.165, 1.54) is 19.3 Å². The molecule has 0 bridgehead atoms. The summed E-state index contributed by atoms with van der Waals surface area (Å²) >= 11 is 0. The fourth-order valence-corrected chi connectivity index (χ4v) is 4.67. The molecule has 1 rings (SSSR count). The lowest BCUT2D eigenvalue weighted by molar-refractivity contribution is -0.133. The minimum Gasteiger partial charge on any atom is -0.337 e. The highest BCUT2D eigenvalue weighted by atomic mass is 31.2. The minimum absolute atomic E-state index is 0.0285. The molecule has 0 saturated carbocycles. The number of phosphoric ester groups is 1. The fourth-order valence-electron chi connectivity index (χ4n) is 4.21. The number of Topliss-reactive ketones (excluding diaryl/α,β-unsaturated/α-hetero) is 1. The largest absolute Gasteiger partial charge is 0.471 e. The number of likely N-dealkylation sites (tertiary alicyclic amines) is 1. The monoisotopic (exact) mass is 461 g/mol. The molecular formula is C23H44NO6P. The van der Waals surface area contributed by atoms with Crippen molar-refractivity contribution in [3.8, 4) is 0 Å². The van der Waals surface area contributed by atoms with Crippen LogP contribution in [0.1, 0.15) is 97.8 Å². The second kappa shape index (κ2) is 15.2. The third-order valence-electron chi connectivity index (χ3n) is 5.84. The van der Waals surface area contributed by atoms with Crippen molar-refractivity contribution in [2.24, 2.45) is 11.8 Å². The van der Waals surface area contributed by atoms with Gasteiger partial charge in [-0.05, 0) is 31.1 Å². The molecule has 8 heteroatoms. The third-order valence-corrected chi connectivity index (χ3v) is 6.77. The van der Waals surface area contributed by atoms with Crippen LogP contribution in [0.5, 0.6) is 0 Å². The summed E-state index contributed by atoms with van der Waals surface area (Å²) < 4.78 is 21.0. The molecule has 1 saturated heterocycles. The number of hydrogen-bond donors (Lipinski definition) is 1. The summed E-state index contributed by atoms with van der Waals surface area (Å²) in [6.07, 6.45) is 11.4. The van der Waals surface area contributed by atoms with Crippen molar-refractivity contribution in [1.29, 1.82) is 0 Å². The zero-order chi connectivity index (χ0) is 23.3. The molecule has 1 fully saturated rings. The van der Waals surface area contributed by atoms with Crippen molar-refractivity contribution < 1.29 is 28.1 Å². The molecule has 1 aliphatic rings. The molecule has 0 aromatic rings. The van der Waals surface area contributed by atoms with Crippen LogP contribution < -0.4 is 0 Å². The average molecular weight is 462 g/mol. The molecule has 0 radical (unpaired) electrons. The van der Waals surface area contributed by atoms with E-state index in [4.69, 9.17) is 4.52 Å². The van der Waals surface area contributed by atoms with E-state index in [2.05, 4.69) is 25.3 Å². The molecule has 31 heavy (non-hydrogen) atoms. The predicted molar refractivity (Wildman–Crippen MR) is 123 cm³/mol. The quantitative estimate of drug-likeness (QED) is 0.227. The number of carbonyl (C=O) groups is 2. The van der Waals surface area contributed by atoms with Crippen molar-refractivity contribution in [2.75, 3.05) is 20.3 Å². The van der Waals surface area contributed by atoms with Crippen molar-refractivity contribution >= 4 is 19.5 Å². The van der Waals surface area contributed by atoms with E-state index in [1.807, 2.05) is 0 Å². The predicted octanol–water partition coefficient (Wildman–Crippen LogP) is 5.50. The number of unbranched alkanes of at least 4 members (excludes halogenated alkanes) is 7. The molecule has 1 heterocycles. The van der Waals surface area contributed by atoms with Gasteiger partial charge in [0.25, 0.3) is 0 Å². The third kappa shape index (κ3) is 12.8. The second-order valence-corrected chi connectivity index (χ2v) is 11.0. The van der Waals surface area contributed by atoms with Gasteiger partial charge in [-0.2, -0.15) is 0 Å². The van der Waals surface area contributed by atoms with Crippen LogP contribution in [0.15, 0.2) is 0 Å². The summed E-state index contributed by atoms with van der Waals surface area (Å²) in [5.41, 5.74) is 0. The van der Waals surface area contributed by atoms with Crippen LogP contribution in [-0.4, -0.2) is 47.8 Å². The first-order valence-electron chi connectivity index (χ1n) is 12.0.